The smallest absolute Gasteiger partial charge is 0.106 e. The van der Waals surface area contributed by atoms with E-state index in [4.69, 9.17) is 18.0 Å². The second-order valence-electron chi connectivity index (χ2n) is 6.46. The summed E-state index contributed by atoms with van der Waals surface area (Å²) < 4.78 is 0. The first-order valence-corrected chi connectivity index (χ1v) is 7.77. The van der Waals surface area contributed by atoms with Gasteiger partial charge >= 0.3 is 0 Å². The van der Waals surface area contributed by atoms with Crippen LogP contribution in [0.4, 0.5) is 5.69 Å². The molecule has 1 fully saturated rings. The van der Waals surface area contributed by atoms with Crippen LogP contribution in [0.15, 0.2) is 18.2 Å². The molecule has 1 aromatic rings. The molecule has 0 bridgehead atoms. The number of benzene rings is 1. The molecule has 1 aliphatic rings. The van der Waals surface area contributed by atoms with E-state index < -0.39 is 5.60 Å². The molecule has 0 aromatic heterocycles. The van der Waals surface area contributed by atoms with Crippen LogP contribution in [0.3, 0.4) is 0 Å². The quantitative estimate of drug-likeness (QED) is 0.826. The fraction of sp³-hybridized carbons (Fsp3) is 0.562. The van der Waals surface area contributed by atoms with Crippen molar-refractivity contribution in [1.82, 2.24) is 4.90 Å². The molecule has 0 amide bonds. The monoisotopic (exact) mass is 307 g/mol. The van der Waals surface area contributed by atoms with Crippen molar-refractivity contribution < 1.29 is 5.11 Å². The number of rotatable bonds is 4. The van der Waals surface area contributed by atoms with Crippen molar-refractivity contribution in [3.8, 4) is 0 Å². The van der Waals surface area contributed by atoms with Gasteiger partial charge in [-0.15, -0.1) is 0 Å². The summed E-state index contributed by atoms with van der Waals surface area (Å²) in [6.45, 7) is 10.2. The maximum absolute atomic E-state index is 9.91. The van der Waals surface area contributed by atoms with E-state index in [2.05, 4.69) is 28.0 Å². The van der Waals surface area contributed by atoms with Crippen LogP contribution in [0.1, 0.15) is 25.0 Å². The maximum atomic E-state index is 9.91. The van der Waals surface area contributed by atoms with Gasteiger partial charge in [-0.25, -0.2) is 0 Å². The van der Waals surface area contributed by atoms with E-state index in [0.717, 1.165) is 37.4 Å². The lowest BCUT2D eigenvalue weighted by Crippen LogP contribution is -2.50. The van der Waals surface area contributed by atoms with Crippen LogP contribution in [0.5, 0.6) is 0 Å². The SMILES string of the molecule is Cc1ccc(N2CCN(CC(C)(C)O)CC2)c(C(N)=S)c1. The number of hydrogen-bond donors (Lipinski definition) is 2. The Morgan fingerprint density at radius 3 is 2.43 bits per heavy atom. The number of β-amino-alcohol motifs (C(OH)–C–C–N with tert-alkyl or cyclic N) is 1. The van der Waals surface area contributed by atoms with Gasteiger partial charge in [0.2, 0.25) is 0 Å². The van der Waals surface area contributed by atoms with Crippen LogP contribution in [-0.2, 0) is 0 Å². The number of thiocarbonyl (C=S) groups is 1. The van der Waals surface area contributed by atoms with Gasteiger partial charge < -0.3 is 15.7 Å². The molecular formula is C16H25N3OS. The summed E-state index contributed by atoms with van der Waals surface area (Å²) in [6.07, 6.45) is 0. The zero-order chi connectivity index (χ0) is 15.6. The van der Waals surface area contributed by atoms with E-state index in [9.17, 15) is 5.11 Å². The molecule has 0 radical (unpaired) electrons. The van der Waals surface area contributed by atoms with Crippen molar-refractivity contribution in [2.75, 3.05) is 37.6 Å². The van der Waals surface area contributed by atoms with Gasteiger partial charge in [0.05, 0.1) is 5.60 Å². The molecule has 3 N–H and O–H groups in total. The highest BCUT2D eigenvalue weighted by molar-refractivity contribution is 7.80. The number of piperazine rings is 1. The molecule has 0 saturated carbocycles. The first kappa shape index (κ1) is 16.2. The minimum Gasteiger partial charge on any atom is -0.389 e. The summed E-state index contributed by atoms with van der Waals surface area (Å²) >= 11 is 5.18. The van der Waals surface area contributed by atoms with Gasteiger partial charge in [0.25, 0.3) is 0 Å². The number of nitrogens with two attached hydrogens (primary N) is 1. The van der Waals surface area contributed by atoms with Crippen LogP contribution >= 0.6 is 12.2 Å². The zero-order valence-electron chi connectivity index (χ0n) is 13.1. The fourth-order valence-electron chi connectivity index (χ4n) is 2.82. The van der Waals surface area contributed by atoms with Crippen molar-refractivity contribution in [1.29, 1.82) is 0 Å². The fourth-order valence-corrected chi connectivity index (χ4v) is 2.98. The largest absolute Gasteiger partial charge is 0.389 e. The van der Waals surface area contributed by atoms with Gasteiger partial charge in [0.1, 0.15) is 4.99 Å². The highest BCUT2D eigenvalue weighted by Crippen LogP contribution is 2.23. The van der Waals surface area contributed by atoms with Crippen LogP contribution in [0, 0.1) is 6.92 Å². The summed E-state index contributed by atoms with van der Waals surface area (Å²) in [7, 11) is 0. The highest BCUT2D eigenvalue weighted by Gasteiger charge is 2.24. The average Bonchev–Trinajstić information content (AvgIpc) is 2.38. The van der Waals surface area contributed by atoms with E-state index in [1.807, 2.05) is 20.8 Å². The van der Waals surface area contributed by atoms with Gasteiger partial charge in [-0.1, -0.05) is 23.8 Å². The third-order valence-electron chi connectivity index (χ3n) is 3.74. The second-order valence-corrected chi connectivity index (χ2v) is 6.90. The Labute approximate surface area is 132 Å². The predicted octanol–water partition coefficient (Wildman–Crippen LogP) is 1.52. The molecule has 0 spiro atoms. The molecule has 116 valence electrons. The molecule has 4 nitrogen and oxygen atoms in total. The Morgan fingerprint density at radius 1 is 1.29 bits per heavy atom. The minimum atomic E-state index is -0.643. The van der Waals surface area contributed by atoms with E-state index in [1.165, 1.54) is 5.56 Å². The van der Waals surface area contributed by atoms with Crippen molar-refractivity contribution in [2.45, 2.75) is 26.4 Å². The van der Waals surface area contributed by atoms with E-state index >= 15 is 0 Å². The highest BCUT2D eigenvalue weighted by atomic mass is 32.1. The number of aryl methyl sites for hydroxylation is 1. The van der Waals surface area contributed by atoms with Gasteiger partial charge in [-0.3, -0.25) is 4.90 Å². The van der Waals surface area contributed by atoms with Crippen molar-refractivity contribution in [3.05, 3.63) is 29.3 Å². The van der Waals surface area contributed by atoms with Crippen LogP contribution in [0.2, 0.25) is 0 Å². The van der Waals surface area contributed by atoms with Crippen molar-refractivity contribution in [3.63, 3.8) is 0 Å². The lowest BCUT2D eigenvalue weighted by atomic mass is 10.1. The van der Waals surface area contributed by atoms with Crippen LogP contribution < -0.4 is 10.6 Å². The van der Waals surface area contributed by atoms with E-state index in [0.29, 0.717) is 11.5 Å². The summed E-state index contributed by atoms with van der Waals surface area (Å²) in [5.41, 5.74) is 8.47. The van der Waals surface area contributed by atoms with Gasteiger partial charge in [-0.2, -0.15) is 0 Å². The normalized spacial score (nSPS) is 17.0. The van der Waals surface area contributed by atoms with Crippen LogP contribution in [0.25, 0.3) is 0 Å². The molecule has 0 unspecified atom stereocenters. The Hall–Kier alpha value is -1.17. The summed E-state index contributed by atoms with van der Waals surface area (Å²) in [5.74, 6) is 0. The molecule has 1 saturated heterocycles. The molecular weight excluding hydrogens is 282 g/mol. The molecule has 2 rings (SSSR count). The zero-order valence-corrected chi connectivity index (χ0v) is 13.9. The Balaban J connectivity index is 2.07. The lowest BCUT2D eigenvalue weighted by molar-refractivity contribution is 0.0345. The van der Waals surface area contributed by atoms with E-state index in [1.54, 1.807) is 0 Å². The Kier molecular flexibility index (Phi) is 4.86. The Bertz CT molecular complexity index is 517. The molecule has 1 aromatic carbocycles. The number of aliphatic hydroxyl groups is 1. The first-order chi connectivity index (χ1) is 9.76. The minimum absolute atomic E-state index is 0.452. The summed E-state index contributed by atoms with van der Waals surface area (Å²) in [6, 6.07) is 6.26. The number of nitrogens with zero attached hydrogens (tertiary/aromatic N) is 2. The molecule has 0 aliphatic carbocycles. The third kappa shape index (κ3) is 4.40. The molecule has 0 atom stereocenters. The second kappa shape index (κ2) is 6.30. The van der Waals surface area contributed by atoms with E-state index in [-0.39, 0.29) is 0 Å². The van der Waals surface area contributed by atoms with Gasteiger partial charge in [-0.05, 0) is 32.9 Å². The topological polar surface area (TPSA) is 52.7 Å². The first-order valence-electron chi connectivity index (χ1n) is 7.36. The number of hydrogen-bond acceptors (Lipinski definition) is 4. The van der Waals surface area contributed by atoms with Gasteiger partial charge in [0.15, 0.2) is 0 Å². The van der Waals surface area contributed by atoms with Crippen molar-refractivity contribution in [2.24, 2.45) is 5.73 Å². The Morgan fingerprint density at radius 2 is 1.90 bits per heavy atom. The van der Waals surface area contributed by atoms with Crippen LogP contribution in [-0.4, -0.2) is 53.3 Å². The third-order valence-corrected chi connectivity index (χ3v) is 3.96. The summed E-state index contributed by atoms with van der Waals surface area (Å²) in [5, 5.41) is 9.91. The predicted molar refractivity (Wildman–Crippen MR) is 92.0 cm³/mol. The molecule has 21 heavy (non-hydrogen) atoms. The lowest BCUT2D eigenvalue weighted by Gasteiger charge is -2.39. The summed E-state index contributed by atoms with van der Waals surface area (Å²) in [4.78, 5) is 5.08. The standard InChI is InChI=1S/C16H25N3OS/c1-12-4-5-14(13(10-12)15(17)21)19-8-6-18(7-9-19)11-16(2,3)20/h4-5,10,20H,6-9,11H2,1-3H3,(H2,17,21). The average molecular weight is 307 g/mol. The number of anilines is 1. The molecule has 1 heterocycles. The van der Waals surface area contributed by atoms with Gasteiger partial charge in [0, 0.05) is 44.0 Å². The van der Waals surface area contributed by atoms with Crippen molar-refractivity contribution >= 4 is 22.9 Å². The molecule has 1 aliphatic heterocycles. The maximum Gasteiger partial charge on any atom is 0.106 e. The molecule has 5 heteroatoms.